The predicted molar refractivity (Wildman–Crippen MR) is 74.2 cm³/mol. The predicted octanol–water partition coefficient (Wildman–Crippen LogP) is 2.66. The summed E-state index contributed by atoms with van der Waals surface area (Å²) >= 11 is 5.66. The van der Waals surface area contributed by atoms with Crippen molar-refractivity contribution in [3.8, 4) is 0 Å². The standard InChI is InChI=1S/C11H10ClF3N4O3S/c1-5-9(6(2)22-18-5)23(20,21)19-17-10-8(12)3-7(4-16-10)11(13,14)15/h3-4,19H,1-2H3,(H,16,17). The van der Waals surface area contributed by atoms with Crippen molar-refractivity contribution in [2.75, 3.05) is 5.43 Å². The molecule has 0 saturated carbocycles. The van der Waals surface area contributed by atoms with Crippen LogP contribution in [-0.2, 0) is 16.2 Å². The molecule has 2 aromatic heterocycles. The molecule has 0 aliphatic heterocycles. The Morgan fingerprint density at radius 2 is 1.96 bits per heavy atom. The number of anilines is 1. The van der Waals surface area contributed by atoms with E-state index in [2.05, 4.69) is 15.6 Å². The number of rotatable bonds is 4. The summed E-state index contributed by atoms with van der Waals surface area (Å²) in [6.07, 6.45) is -4.08. The molecule has 12 heteroatoms. The number of sulfonamides is 1. The van der Waals surface area contributed by atoms with Gasteiger partial charge >= 0.3 is 6.18 Å². The first-order chi connectivity index (χ1) is 10.5. The first-order valence-corrected chi connectivity index (χ1v) is 7.82. The van der Waals surface area contributed by atoms with Crippen LogP contribution in [0.2, 0.25) is 5.02 Å². The molecule has 2 heterocycles. The Bertz CT molecular complexity index is 816. The van der Waals surface area contributed by atoms with E-state index in [4.69, 9.17) is 16.1 Å². The number of pyridine rings is 1. The lowest BCUT2D eigenvalue weighted by Crippen LogP contribution is -2.30. The smallest absolute Gasteiger partial charge is 0.360 e. The number of alkyl halides is 3. The molecule has 0 fully saturated rings. The molecule has 0 bridgehead atoms. The summed E-state index contributed by atoms with van der Waals surface area (Å²) < 4.78 is 66.5. The van der Waals surface area contributed by atoms with Crippen molar-refractivity contribution in [2.24, 2.45) is 0 Å². The van der Waals surface area contributed by atoms with Crippen molar-refractivity contribution in [2.45, 2.75) is 24.9 Å². The van der Waals surface area contributed by atoms with Crippen LogP contribution in [-0.4, -0.2) is 18.6 Å². The van der Waals surface area contributed by atoms with Crippen LogP contribution in [0.5, 0.6) is 0 Å². The van der Waals surface area contributed by atoms with E-state index in [-0.39, 0.29) is 22.2 Å². The Balaban J connectivity index is 2.21. The minimum absolute atomic E-state index is 0.0586. The molecule has 0 spiro atoms. The zero-order valence-electron chi connectivity index (χ0n) is 11.7. The maximum Gasteiger partial charge on any atom is 0.417 e. The number of hydrazine groups is 1. The quantitative estimate of drug-likeness (QED) is 0.803. The lowest BCUT2D eigenvalue weighted by molar-refractivity contribution is -0.137. The Morgan fingerprint density at radius 3 is 2.43 bits per heavy atom. The summed E-state index contributed by atoms with van der Waals surface area (Å²) in [5, 5.41) is 3.10. The van der Waals surface area contributed by atoms with Gasteiger partial charge in [0.2, 0.25) is 0 Å². The second kappa shape index (κ2) is 5.98. The van der Waals surface area contributed by atoms with E-state index in [0.717, 1.165) is 0 Å². The molecule has 0 atom stereocenters. The molecule has 23 heavy (non-hydrogen) atoms. The number of nitrogens with one attached hydrogen (secondary N) is 2. The van der Waals surface area contributed by atoms with Gasteiger partial charge in [-0.15, -0.1) is 4.83 Å². The van der Waals surface area contributed by atoms with Gasteiger partial charge in [0.25, 0.3) is 10.0 Å². The third kappa shape index (κ3) is 3.74. The fraction of sp³-hybridized carbons (Fsp3) is 0.273. The fourth-order valence-electron chi connectivity index (χ4n) is 1.71. The molecule has 2 aromatic rings. The topological polar surface area (TPSA) is 97.1 Å². The van der Waals surface area contributed by atoms with Crippen molar-refractivity contribution >= 4 is 27.4 Å². The summed E-state index contributed by atoms with van der Waals surface area (Å²) in [6.45, 7) is 2.83. The average Bonchev–Trinajstić information content (AvgIpc) is 2.76. The molecule has 0 amide bonds. The number of halogens is 4. The molecule has 0 aliphatic carbocycles. The minimum atomic E-state index is -4.61. The van der Waals surface area contributed by atoms with Gasteiger partial charge in [0.1, 0.15) is 10.6 Å². The first-order valence-electron chi connectivity index (χ1n) is 5.96. The normalized spacial score (nSPS) is 12.4. The van der Waals surface area contributed by atoms with Crippen LogP contribution >= 0.6 is 11.6 Å². The third-order valence-electron chi connectivity index (χ3n) is 2.71. The van der Waals surface area contributed by atoms with E-state index in [0.29, 0.717) is 12.3 Å². The average molecular weight is 371 g/mol. The van der Waals surface area contributed by atoms with E-state index in [1.807, 2.05) is 4.83 Å². The number of nitrogens with zero attached hydrogens (tertiary/aromatic N) is 2. The van der Waals surface area contributed by atoms with Gasteiger partial charge in [-0.25, -0.2) is 13.4 Å². The van der Waals surface area contributed by atoms with E-state index in [1.165, 1.54) is 13.8 Å². The van der Waals surface area contributed by atoms with Crippen molar-refractivity contribution in [1.82, 2.24) is 15.0 Å². The molecule has 126 valence electrons. The van der Waals surface area contributed by atoms with Crippen molar-refractivity contribution in [1.29, 1.82) is 0 Å². The molecule has 0 aromatic carbocycles. The first kappa shape index (κ1) is 17.5. The number of aryl methyl sites for hydroxylation is 2. The monoisotopic (exact) mass is 370 g/mol. The SMILES string of the molecule is Cc1noc(C)c1S(=O)(=O)NNc1ncc(C(F)(F)F)cc1Cl. The summed E-state index contributed by atoms with van der Waals surface area (Å²) in [7, 11) is -4.07. The maximum absolute atomic E-state index is 12.5. The van der Waals surface area contributed by atoms with Crippen LogP contribution in [0.25, 0.3) is 0 Å². The van der Waals surface area contributed by atoms with Gasteiger partial charge in [-0.3, -0.25) is 5.43 Å². The van der Waals surface area contributed by atoms with Crippen molar-refractivity contribution in [3.63, 3.8) is 0 Å². The molecule has 2 rings (SSSR count). The molecule has 0 unspecified atom stereocenters. The summed E-state index contributed by atoms with van der Waals surface area (Å²) in [4.78, 5) is 5.21. The second-order valence-corrected chi connectivity index (χ2v) is 6.46. The molecule has 0 saturated heterocycles. The summed E-state index contributed by atoms with van der Waals surface area (Å²) in [6, 6.07) is 0.626. The molecular weight excluding hydrogens is 361 g/mol. The van der Waals surface area contributed by atoms with Gasteiger partial charge in [-0.1, -0.05) is 16.8 Å². The fourth-order valence-corrected chi connectivity index (χ4v) is 3.10. The Morgan fingerprint density at radius 1 is 1.30 bits per heavy atom. The highest BCUT2D eigenvalue weighted by Gasteiger charge is 2.32. The Labute approximate surface area is 133 Å². The van der Waals surface area contributed by atoms with Crippen LogP contribution in [0.15, 0.2) is 21.7 Å². The molecule has 0 radical (unpaired) electrons. The molecule has 2 N–H and O–H groups in total. The molecule has 0 aliphatic rings. The third-order valence-corrected chi connectivity index (χ3v) is 4.49. The lowest BCUT2D eigenvalue weighted by atomic mass is 10.3. The Kier molecular flexibility index (Phi) is 4.55. The second-order valence-electron chi connectivity index (χ2n) is 4.44. The highest BCUT2D eigenvalue weighted by molar-refractivity contribution is 7.89. The van der Waals surface area contributed by atoms with Crippen LogP contribution in [0.3, 0.4) is 0 Å². The van der Waals surface area contributed by atoms with Gasteiger partial charge in [0, 0.05) is 6.20 Å². The number of hydrogen-bond acceptors (Lipinski definition) is 6. The van der Waals surface area contributed by atoms with Gasteiger partial charge in [-0.2, -0.15) is 13.2 Å². The van der Waals surface area contributed by atoms with Gasteiger partial charge < -0.3 is 4.52 Å². The summed E-state index contributed by atoms with van der Waals surface area (Å²) in [5.41, 5.74) is 1.23. The zero-order chi connectivity index (χ0) is 17.4. The van der Waals surface area contributed by atoms with E-state index >= 15 is 0 Å². The van der Waals surface area contributed by atoms with Crippen molar-refractivity contribution in [3.05, 3.63) is 34.3 Å². The largest absolute Gasteiger partial charge is 0.417 e. The lowest BCUT2D eigenvalue weighted by Gasteiger charge is -2.11. The number of aromatic nitrogens is 2. The number of hydrogen-bond donors (Lipinski definition) is 2. The molecule has 7 nitrogen and oxygen atoms in total. The van der Waals surface area contributed by atoms with Crippen LogP contribution in [0.4, 0.5) is 19.0 Å². The highest BCUT2D eigenvalue weighted by atomic mass is 35.5. The van der Waals surface area contributed by atoms with E-state index < -0.39 is 26.8 Å². The van der Waals surface area contributed by atoms with E-state index in [9.17, 15) is 21.6 Å². The van der Waals surface area contributed by atoms with Crippen LogP contribution in [0.1, 0.15) is 17.0 Å². The highest BCUT2D eigenvalue weighted by Crippen LogP contribution is 2.32. The van der Waals surface area contributed by atoms with Gasteiger partial charge in [-0.05, 0) is 19.9 Å². The van der Waals surface area contributed by atoms with Crippen LogP contribution < -0.4 is 10.3 Å². The van der Waals surface area contributed by atoms with Gasteiger partial charge in [0.15, 0.2) is 11.6 Å². The van der Waals surface area contributed by atoms with Crippen molar-refractivity contribution < 1.29 is 26.1 Å². The van der Waals surface area contributed by atoms with Crippen LogP contribution in [0, 0.1) is 13.8 Å². The zero-order valence-corrected chi connectivity index (χ0v) is 13.3. The minimum Gasteiger partial charge on any atom is -0.360 e. The maximum atomic E-state index is 12.5. The van der Waals surface area contributed by atoms with E-state index in [1.54, 1.807) is 0 Å². The molecular formula is C11H10ClF3N4O3S. The van der Waals surface area contributed by atoms with Gasteiger partial charge in [0.05, 0.1) is 10.6 Å². The summed E-state index contributed by atoms with van der Waals surface area (Å²) in [5.74, 6) is -0.224. The Hall–Kier alpha value is -1.85.